The number of methoxy groups -OCH3 is 3. The number of hydrogen-bond donors (Lipinski definition) is 1. The highest BCUT2D eigenvalue weighted by molar-refractivity contribution is 5.98. The fraction of sp³-hybridized carbons (Fsp3) is 0.500. The van der Waals surface area contributed by atoms with E-state index >= 15 is 0 Å². The van der Waals surface area contributed by atoms with Gasteiger partial charge in [-0.2, -0.15) is 0 Å². The van der Waals surface area contributed by atoms with Gasteiger partial charge in [-0.05, 0) is 12.1 Å². The minimum Gasteiger partial charge on any atom is -0.493 e. The molecule has 0 aromatic heterocycles. The molecule has 1 aromatic carbocycles. The van der Waals surface area contributed by atoms with Gasteiger partial charge in [0.15, 0.2) is 11.5 Å². The number of carbonyl (C=O) groups excluding carboxylic acids is 1. The molecule has 1 N–H and O–H groups in total. The quantitative estimate of drug-likeness (QED) is 0.882. The Morgan fingerprint density at radius 1 is 1.05 bits per heavy atom. The van der Waals surface area contributed by atoms with Crippen molar-refractivity contribution in [1.82, 2.24) is 10.2 Å². The van der Waals surface area contributed by atoms with Gasteiger partial charge in [0.2, 0.25) is 5.75 Å². The molecule has 20 heavy (non-hydrogen) atoms. The van der Waals surface area contributed by atoms with Gasteiger partial charge in [-0.1, -0.05) is 0 Å². The van der Waals surface area contributed by atoms with E-state index < -0.39 is 0 Å². The van der Waals surface area contributed by atoms with E-state index in [4.69, 9.17) is 14.2 Å². The summed E-state index contributed by atoms with van der Waals surface area (Å²) in [5.41, 5.74) is 0.493. The Bertz CT molecular complexity index is 484. The Balaban J connectivity index is 2.37. The van der Waals surface area contributed by atoms with E-state index in [-0.39, 0.29) is 5.91 Å². The van der Waals surface area contributed by atoms with Crippen molar-refractivity contribution in [2.75, 3.05) is 47.5 Å². The number of rotatable bonds is 4. The van der Waals surface area contributed by atoms with Crippen LogP contribution >= 0.6 is 0 Å². The third kappa shape index (κ3) is 2.65. The van der Waals surface area contributed by atoms with Crippen molar-refractivity contribution in [3.8, 4) is 17.2 Å². The standard InChI is InChI=1S/C14H20N2O4/c1-18-11-5-4-10(12(19-2)13(11)20-3)14(17)16-8-6-15-7-9-16/h4-5,15H,6-9H2,1-3H3. The second kappa shape index (κ2) is 6.47. The molecule has 0 bridgehead atoms. The molecule has 1 aromatic rings. The highest BCUT2D eigenvalue weighted by atomic mass is 16.5. The molecule has 0 aliphatic carbocycles. The molecule has 1 aliphatic rings. The lowest BCUT2D eigenvalue weighted by Gasteiger charge is -2.28. The first-order valence-electron chi connectivity index (χ1n) is 6.52. The second-order valence-electron chi connectivity index (χ2n) is 4.42. The first kappa shape index (κ1) is 14.5. The molecule has 1 heterocycles. The molecule has 6 heteroatoms. The molecule has 1 amide bonds. The van der Waals surface area contributed by atoms with Crippen LogP contribution in [0.1, 0.15) is 10.4 Å². The van der Waals surface area contributed by atoms with Crippen LogP contribution < -0.4 is 19.5 Å². The topological polar surface area (TPSA) is 60.0 Å². The highest BCUT2D eigenvalue weighted by Gasteiger charge is 2.25. The summed E-state index contributed by atoms with van der Waals surface area (Å²) in [5.74, 6) is 1.34. The zero-order chi connectivity index (χ0) is 14.5. The third-order valence-electron chi connectivity index (χ3n) is 3.34. The van der Waals surface area contributed by atoms with Gasteiger partial charge in [0, 0.05) is 26.2 Å². The number of carbonyl (C=O) groups is 1. The fourth-order valence-electron chi connectivity index (χ4n) is 2.31. The molecule has 0 spiro atoms. The van der Waals surface area contributed by atoms with Crippen LogP contribution in [-0.4, -0.2) is 58.3 Å². The van der Waals surface area contributed by atoms with Crippen LogP contribution in [0, 0.1) is 0 Å². The first-order chi connectivity index (χ1) is 9.72. The molecule has 1 aliphatic heterocycles. The van der Waals surface area contributed by atoms with Gasteiger partial charge in [-0.25, -0.2) is 0 Å². The number of benzene rings is 1. The third-order valence-corrected chi connectivity index (χ3v) is 3.34. The van der Waals surface area contributed by atoms with Crippen LogP contribution in [0.2, 0.25) is 0 Å². The Morgan fingerprint density at radius 2 is 1.70 bits per heavy atom. The maximum Gasteiger partial charge on any atom is 0.257 e. The molecular weight excluding hydrogens is 260 g/mol. The van der Waals surface area contributed by atoms with Crippen LogP contribution in [0.3, 0.4) is 0 Å². The number of ether oxygens (including phenoxy) is 3. The summed E-state index contributed by atoms with van der Waals surface area (Å²) >= 11 is 0. The predicted octanol–water partition coefficient (Wildman–Crippen LogP) is 0.758. The summed E-state index contributed by atoms with van der Waals surface area (Å²) in [4.78, 5) is 14.4. The van der Waals surface area contributed by atoms with E-state index in [2.05, 4.69) is 5.32 Å². The summed E-state index contributed by atoms with van der Waals surface area (Å²) in [6.07, 6.45) is 0. The van der Waals surface area contributed by atoms with Gasteiger partial charge in [-0.15, -0.1) is 0 Å². The molecule has 6 nitrogen and oxygen atoms in total. The number of nitrogens with one attached hydrogen (secondary N) is 1. The molecule has 0 unspecified atom stereocenters. The smallest absolute Gasteiger partial charge is 0.257 e. The number of amides is 1. The lowest BCUT2D eigenvalue weighted by atomic mass is 10.1. The molecule has 0 atom stereocenters. The Morgan fingerprint density at radius 3 is 2.25 bits per heavy atom. The van der Waals surface area contributed by atoms with Crippen LogP contribution in [0.15, 0.2) is 12.1 Å². The molecule has 0 radical (unpaired) electrons. The Hall–Kier alpha value is -1.95. The summed E-state index contributed by atoms with van der Waals surface area (Å²) in [7, 11) is 4.60. The molecule has 1 fully saturated rings. The van der Waals surface area contributed by atoms with Gasteiger partial charge < -0.3 is 24.4 Å². The minimum absolute atomic E-state index is 0.0516. The van der Waals surface area contributed by atoms with Crippen LogP contribution in [0.4, 0.5) is 0 Å². The summed E-state index contributed by atoms with van der Waals surface area (Å²) < 4.78 is 15.9. The maximum atomic E-state index is 12.6. The van der Waals surface area contributed by atoms with Gasteiger partial charge in [0.05, 0.1) is 26.9 Å². The van der Waals surface area contributed by atoms with Crippen molar-refractivity contribution in [2.45, 2.75) is 0 Å². The normalized spacial score (nSPS) is 14.8. The SMILES string of the molecule is COc1ccc(C(=O)N2CCNCC2)c(OC)c1OC. The Kier molecular flexibility index (Phi) is 4.68. The maximum absolute atomic E-state index is 12.6. The largest absolute Gasteiger partial charge is 0.493 e. The summed E-state index contributed by atoms with van der Waals surface area (Å²) in [6, 6.07) is 3.43. The number of hydrogen-bond acceptors (Lipinski definition) is 5. The summed E-state index contributed by atoms with van der Waals surface area (Å²) in [5, 5.41) is 3.22. The van der Waals surface area contributed by atoms with Gasteiger partial charge >= 0.3 is 0 Å². The molecule has 2 rings (SSSR count). The van der Waals surface area contributed by atoms with Crippen LogP contribution in [-0.2, 0) is 0 Å². The van der Waals surface area contributed by atoms with Crippen molar-refractivity contribution in [3.63, 3.8) is 0 Å². The average molecular weight is 280 g/mol. The lowest BCUT2D eigenvalue weighted by molar-refractivity contribution is 0.0731. The van der Waals surface area contributed by atoms with E-state index in [0.717, 1.165) is 13.1 Å². The fourth-order valence-corrected chi connectivity index (χ4v) is 2.31. The monoisotopic (exact) mass is 280 g/mol. The zero-order valence-corrected chi connectivity index (χ0v) is 12.1. The average Bonchev–Trinajstić information content (AvgIpc) is 2.53. The van der Waals surface area contributed by atoms with E-state index in [9.17, 15) is 4.79 Å². The van der Waals surface area contributed by atoms with E-state index in [1.807, 2.05) is 0 Å². The van der Waals surface area contributed by atoms with E-state index in [0.29, 0.717) is 35.9 Å². The van der Waals surface area contributed by atoms with Crippen molar-refractivity contribution < 1.29 is 19.0 Å². The molecule has 0 saturated carbocycles. The number of piperazine rings is 1. The van der Waals surface area contributed by atoms with E-state index in [1.54, 1.807) is 24.1 Å². The molecular formula is C14H20N2O4. The van der Waals surface area contributed by atoms with Crippen LogP contribution in [0.5, 0.6) is 17.2 Å². The molecule has 1 saturated heterocycles. The van der Waals surface area contributed by atoms with Gasteiger partial charge in [0.1, 0.15) is 0 Å². The van der Waals surface area contributed by atoms with Crippen molar-refractivity contribution in [1.29, 1.82) is 0 Å². The molecule has 110 valence electrons. The summed E-state index contributed by atoms with van der Waals surface area (Å²) in [6.45, 7) is 3.00. The predicted molar refractivity (Wildman–Crippen MR) is 74.9 cm³/mol. The minimum atomic E-state index is -0.0516. The van der Waals surface area contributed by atoms with Gasteiger partial charge in [-0.3, -0.25) is 4.79 Å². The van der Waals surface area contributed by atoms with Gasteiger partial charge in [0.25, 0.3) is 5.91 Å². The lowest BCUT2D eigenvalue weighted by Crippen LogP contribution is -2.46. The highest BCUT2D eigenvalue weighted by Crippen LogP contribution is 2.40. The first-order valence-corrected chi connectivity index (χ1v) is 6.52. The van der Waals surface area contributed by atoms with E-state index in [1.165, 1.54) is 14.2 Å². The second-order valence-corrected chi connectivity index (χ2v) is 4.42. The van der Waals surface area contributed by atoms with Crippen molar-refractivity contribution >= 4 is 5.91 Å². The van der Waals surface area contributed by atoms with Crippen molar-refractivity contribution in [3.05, 3.63) is 17.7 Å². The van der Waals surface area contributed by atoms with Crippen molar-refractivity contribution in [2.24, 2.45) is 0 Å². The zero-order valence-electron chi connectivity index (χ0n) is 12.1. The number of nitrogens with zero attached hydrogens (tertiary/aromatic N) is 1. The Labute approximate surface area is 118 Å². The van der Waals surface area contributed by atoms with Crippen LogP contribution in [0.25, 0.3) is 0 Å².